The predicted octanol–water partition coefficient (Wildman–Crippen LogP) is 4.84. The second-order valence-corrected chi connectivity index (χ2v) is 9.69. The summed E-state index contributed by atoms with van der Waals surface area (Å²) in [6, 6.07) is 7.43. The Morgan fingerprint density at radius 2 is 2.00 bits per heavy atom. The van der Waals surface area contributed by atoms with E-state index in [9.17, 15) is 4.79 Å². The highest BCUT2D eigenvalue weighted by Crippen LogP contribution is 2.33. The number of aromatic nitrogens is 3. The highest BCUT2D eigenvalue weighted by atomic mass is 35.5. The zero-order valence-electron chi connectivity index (χ0n) is 19.1. The molecule has 8 heteroatoms. The topological polar surface area (TPSA) is 77.6 Å². The van der Waals surface area contributed by atoms with Crippen molar-refractivity contribution in [2.24, 2.45) is 5.92 Å². The van der Waals surface area contributed by atoms with E-state index in [0.717, 1.165) is 67.1 Å². The monoisotopic (exact) mass is 464 g/mol. The summed E-state index contributed by atoms with van der Waals surface area (Å²) in [5, 5.41) is 13.0. The Morgan fingerprint density at radius 3 is 2.79 bits per heavy atom. The first-order valence-corrected chi connectivity index (χ1v) is 12.0. The van der Waals surface area contributed by atoms with Gasteiger partial charge in [0.2, 0.25) is 0 Å². The molecular formula is C25H29ClN6O. The molecular weight excluding hydrogens is 436 g/mol. The van der Waals surface area contributed by atoms with Crippen molar-refractivity contribution in [2.75, 3.05) is 24.5 Å². The van der Waals surface area contributed by atoms with E-state index in [1.165, 1.54) is 0 Å². The Bertz CT molecular complexity index is 1220. The molecule has 33 heavy (non-hydrogen) atoms. The standard InChI is InChI=1S/C25H29ClN6O/c1-16-6-7-19(26)11-20(16)25(33)31-9-4-3-5-22(31)21-12-23-28-24(17(2)14-32(23)29-21)30-10-8-18(13-27)15-30/h6-7,11-14,18,22,27H,3-5,8-10,15H2,1-2H3. The second-order valence-electron chi connectivity index (χ2n) is 9.25. The summed E-state index contributed by atoms with van der Waals surface area (Å²) in [7, 11) is 0. The normalized spacial score (nSPS) is 21.1. The van der Waals surface area contributed by atoms with Gasteiger partial charge in [-0.3, -0.25) is 4.79 Å². The first-order chi connectivity index (χ1) is 15.9. The maximum absolute atomic E-state index is 13.5. The Kier molecular flexibility index (Phi) is 5.83. The van der Waals surface area contributed by atoms with Crippen molar-refractivity contribution in [1.82, 2.24) is 19.5 Å². The van der Waals surface area contributed by atoms with E-state index in [1.807, 2.05) is 40.7 Å². The number of piperidine rings is 1. The van der Waals surface area contributed by atoms with Gasteiger partial charge >= 0.3 is 0 Å². The van der Waals surface area contributed by atoms with Crippen LogP contribution in [-0.2, 0) is 0 Å². The van der Waals surface area contributed by atoms with Crippen LogP contribution in [0.5, 0.6) is 0 Å². The molecule has 0 aliphatic carbocycles. The van der Waals surface area contributed by atoms with E-state index in [1.54, 1.807) is 12.3 Å². The number of hydrogen-bond acceptors (Lipinski definition) is 5. The highest BCUT2D eigenvalue weighted by Gasteiger charge is 2.32. The molecule has 0 saturated carbocycles. The number of benzene rings is 1. The first kappa shape index (κ1) is 21.9. The minimum absolute atomic E-state index is 0.0105. The number of nitrogens with one attached hydrogen (secondary N) is 1. The maximum atomic E-state index is 13.5. The average Bonchev–Trinajstić information content (AvgIpc) is 3.46. The molecule has 1 aromatic carbocycles. The van der Waals surface area contributed by atoms with E-state index in [-0.39, 0.29) is 11.9 Å². The number of fused-ring (bicyclic) bond motifs is 1. The fourth-order valence-electron chi connectivity index (χ4n) is 5.08. The van der Waals surface area contributed by atoms with E-state index in [4.69, 9.17) is 27.1 Å². The van der Waals surface area contributed by atoms with Gasteiger partial charge in [-0.1, -0.05) is 17.7 Å². The van der Waals surface area contributed by atoms with Crippen LogP contribution in [0.3, 0.4) is 0 Å². The molecule has 7 nitrogen and oxygen atoms in total. The maximum Gasteiger partial charge on any atom is 0.254 e. The fraction of sp³-hybridized carbons (Fsp3) is 0.440. The molecule has 2 saturated heterocycles. The lowest BCUT2D eigenvalue weighted by Crippen LogP contribution is -2.39. The van der Waals surface area contributed by atoms with Crippen molar-refractivity contribution in [1.29, 1.82) is 5.41 Å². The minimum atomic E-state index is -0.0795. The summed E-state index contributed by atoms with van der Waals surface area (Å²) >= 11 is 6.20. The zero-order valence-corrected chi connectivity index (χ0v) is 19.8. The third-order valence-electron chi connectivity index (χ3n) is 6.92. The number of aryl methyl sites for hydroxylation is 2. The van der Waals surface area contributed by atoms with Crippen LogP contribution in [0.4, 0.5) is 5.82 Å². The largest absolute Gasteiger partial charge is 0.356 e. The van der Waals surface area contributed by atoms with Crippen molar-refractivity contribution in [3.05, 3.63) is 57.9 Å². The van der Waals surface area contributed by atoms with Gasteiger partial charge in [-0.2, -0.15) is 5.10 Å². The Hall–Kier alpha value is -2.93. The van der Waals surface area contributed by atoms with Gasteiger partial charge in [0.15, 0.2) is 5.65 Å². The van der Waals surface area contributed by atoms with Crippen molar-refractivity contribution in [2.45, 2.75) is 45.6 Å². The number of amides is 1. The summed E-state index contributed by atoms with van der Waals surface area (Å²) in [5.41, 5.74) is 4.32. The number of hydrogen-bond donors (Lipinski definition) is 1. The van der Waals surface area contributed by atoms with Crippen LogP contribution in [-0.4, -0.2) is 51.3 Å². The van der Waals surface area contributed by atoms with Crippen molar-refractivity contribution >= 4 is 35.2 Å². The number of carbonyl (C=O) groups is 1. The number of anilines is 1. The predicted molar refractivity (Wildman–Crippen MR) is 131 cm³/mol. The van der Waals surface area contributed by atoms with Gasteiger partial charge in [0.05, 0.1) is 11.7 Å². The van der Waals surface area contributed by atoms with E-state index < -0.39 is 0 Å². The molecule has 0 bridgehead atoms. The number of likely N-dealkylation sites (tertiary alicyclic amines) is 1. The Labute approximate surface area is 198 Å². The van der Waals surface area contributed by atoms with Crippen molar-refractivity contribution in [3.8, 4) is 0 Å². The third kappa shape index (κ3) is 4.10. The van der Waals surface area contributed by atoms with Gasteiger partial charge < -0.3 is 15.2 Å². The van der Waals surface area contributed by atoms with Gasteiger partial charge in [-0.15, -0.1) is 0 Å². The third-order valence-corrected chi connectivity index (χ3v) is 7.15. The molecule has 2 unspecified atom stereocenters. The Morgan fingerprint density at radius 1 is 1.15 bits per heavy atom. The van der Waals surface area contributed by atoms with Crippen LogP contribution in [0.15, 0.2) is 30.5 Å². The molecule has 4 heterocycles. The van der Waals surface area contributed by atoms with Gasteiger partial charge in [0.25, 0.3) is 5.91 Å². The molecule has 172 valence electrons. The van der Waals surface area contributed by atoms with Gasteiger partial charge in [0.1, 0.15) is 5.82 Å². The lowest BCUT2D eigenvalue weighted by atomic mass is 9.97. The lowest BCUT2D eigenvalue weighted by molar-refractivity contribution is 0.0605. The molecule has 2 fully saturated rings. The smallest absolute Gasteiger partial charge is 0.254 e. The lowest BCUT2D eigenvalue weighted by Gasteiger charge is -2.35. The van der Waals surface area contributed by atoms with Crippen LogP contribution >= 0.6 is 11.6 Å². The van der Waals surface area contributed by atoms with Crippen molar-refractivity contribution in [3.63, 3.8) is 0 Å². The van der Waals surface area contributed by atoms with Gasteiger partial charge in [-0.25, -0.2) is 9.50 Å². The fourth-order valence-corrected chi connectivity index (χ4v) is 5.25. The molecule has 2 aliphatic heterocycles. The quantitative estimate of drug-likeness (QED) is 0.560. The summed E-state index contributed by atoms with van der Waals surface area (Å²) < 4.78 is 1.83. The summed E-state index contributed by atoms with van der Waals surface area (Å²) in [6.45, 7) is 6.45. The molecule has 2 aliphatic rings. The minimum Gasteiger partial charge on any atom is -0.356 e. The second kappa shape index (κ2) is 8.78. The molecule has 3 aromatic rings. The van der Waals surface area contributed by atoms with Crippen LogP contribution in [0.1, 0.15) is 58.9 Å². The number of nitrogens with zero attached hydrogens (tertiary/aromatic N) is 5. The average molecular weight is 465 g/mol. The molecule has 1 N–H and O–H groups in total. The number of carbonyl (C=O) groups excluding carboxylic acids is 1. The number of halogens is 1. The van der Waals surface area contributed by atoms with Crippen LogP contribution in [0.2, 0.25) is 5.02 Å². The van der Waals surface area contributed by atoms with Crippen LogP contribution in [0.25, 0.3) is 5.65 Å². The molecule has 0 spiro atoms. The summed E-state index contributed by atoms with van der Waals surface area (Å²) in [5.74, 6) is 1.26. The van der Waals surface area contributed by atoms with Crippen molar-refractivity contribution < 1.29 is 4.79 Å². The number of rotatable bonds is 4. The van der Waals surface area contributed by atoms with E-state index in [0.29, 0.717) is 23.0 Å². The molecule has 0 radical (unpaired) electrons. The summed E-state index contributed by atoms with van der Waals surface area (Å²) in [4.78, 5) is 22.6. The molecule has 5 rings (SSSR count). The molecule has 2 aromatic heterocycles. The van der Waals surface area contributed by atoms with Gasteiger partial charge in [-0.05, 0) is 57.2 Å². The SMILES string of the molecule is Cc1ccc(Cl)cc1C(=O)N1CCCCC1c1cc2nc(N3CCC(C=N)C3)c(C)cn2n1. The van der Waals surface area contributed by atoms with Crippen LogP contribution < -0.4 is 4.90 Å². The highest BCUT2D eigenvalue weighted by molar-refractivity contribution is 6.31. The summed E-state index contributed by atoms with van der Waals surface area (Å²) in [6.07, 6.45) is 7.49. The van der Waals surface area contributed by atoms with Gasteiger partial charge in [0, 0.05) is 60.2 Å². The van der Waals surface area contributed by atoms with E-state index >= 15 is 0 Å². The zero-order chi connectivity index (χ0) is 23.1. The van der Waals surface area contributed by atoms with E-state index in [2.05, 4.69) is 11.8 Å². The molecule has 2 atom stereocenters. The molecule has 1 amide bonds. The Balaban J connectivity index is 1.47. The van der Waals surface area contributed by atoms with Crippen LogP contribution in [0, 0.1) is 25.2 Å². The first-order valence-electron chi connectivity index (χ1n) is 11.6.